The van der Waals surface area contributed by atoms with E-state index in [9.17, 15) is 0 Å². The second kappa shape index (κ2) is 10.1. The molecule has 0 saturated heterocycles. The van der Waals surface area contributed by atoms with E-state index < -0.39 is 0 Å². The standard InChI is InChI=1S/C21H28N6OS/c1-16-8-5-6-10-19(16)28-12-11-26(3)21(22-14-18-9-7-13-29-18)23-15-20-25-24-17(2)27(20)4/h5-10,13H,11-12,14-15H2,1-4H3,(H,22,23). The molecule has 154 valence electrons. The minimum absolute atomic E-state index is 0.465. The van der Waals surface area contributed by atoms with E-state index in [-0.39, 0.29) is 0 Å². The molecule has 0 spiro atoms. The van der Waals surface area contributed by atoms with Crippen molar-refractivity contribution in [1.82, 2.24) is 25.0 Å². The molecule has 0 bridgehead atoms. The van der Waals surface area contributed by atoms with Gasteiger partial charge in [-0.1, -0.05) is 24.3 Å². The van der Waals surface area contributed by atoms with E-state index in [4.69, 9.17) is 9.73 Å². The fourth-order valence-corrected chi connectivity index (χ4v) is 3.39. The van der Waals surface area contributed by atoms with Gasteiger partial charge in [0.15, 0.2) is 11.8 Å². The summed E-state index contributed by atoms with van der Waals surface area (Å²) >= 11 is 1.73. The Kier molecular flexibility index (Phi) is 7.24. The summed E-state index contributed by atoms with van der Waals surface area (Å²) in [5.74, 6) is 3.44. The molecule has 3 aromatic rings. The molecule has 0 aliphatic carbocycles. The number of para-hydroxylation sites is 1. The van der Waals surface area contributed by atoms with Crippen LogP contribution in [0, 0.1) is 13.8 Å². The molecule has 2 aromatic heterocycles. The molecule has 0 aliphatic rings. The molecule has 3 rings (SSSR count). The molecule has 0 amide bonds. The first-order valence-electron chi connectivity index (χ1n) is 9.59. The van der Waals surface area contributed by atoms with E-state index in [1.54, 1.807) is 11.3 Å². The second-order valence-corrected chi connectivity index (χ2v) is 7.86. The van der Waals surface area contributed by atoms with Gasteiger partial charge in [0.1, 0.15) is 24.7 Å². The zero-order valence-corrected chi connectivity index (χ0v) is 18.2. The summed E-state index contributed by atoms with van der Waals surface area (Å²) in [4.78, 5) is 8.11. The number of likely N-dealkylation sites (N-methyl/N-ethyl adjacent to an activating group) is 1. The van der Waals surface area contributed by atoms with Crippen LogP contribution in [0.15, 0.2) is 46.8 Å². The largest absolute Gasteiger partial charge is 0.491 e. The number of thiophene rings is 1. The summed E-state index contributed by atoms with van der Waals surface area (Å²) in [5.41, 5.74) is 1.14. The molecule has 0 atom stereocenters. The van der Waals surface area contributed by atoms with Crippen molar-refractivity contribution in [1.29, 1.82) is 0 Å². The van der Waals surface area contributed by atoms with Crippen LogP contribution in [0.25, 0.3) is 0 Å². The lowest BCUT2D eigenvalue weighted by Gasteiger charge is -2.22. The van der Waals surface area contributed by atoms with E-state index in [1.807, 2.05) is 43.8 Å². The molecule has 1 N–H and O–H groups in total. The maximum atomic E-state index is 5.94. The Morgan fingerprint density at radius 1 is 1.21 bits per heavy atom. The summed E-state index contributed by atoms with van der Waals surface area (Å²) in [6.45, 7) is 6.47. The van der Waals surface area contributed by atoms with Crippen LogP contribution >= 0.6 is 11.3 Å². The predicted octanol–water partition coefficient (Wildman–Crippen LogP) is 3.15. The highest BCUT2D eigenvalue weighted by Gasteiger charge is 2.10. The number of aromatic nitrogens is 3. The van der Waals surface area contributed by atoms with Crippen molar-refractivity contribution in [3.63, 3.8) is 0 Å². The fraction of sp³-hybridized carbons (Fsp3) is 0.381. The molecule has 8 heteroatoms. The van der Waals surface area contributed by atoms with Gasteiger partial charge in [0, 0.05) is 19.0 Å². The van der Waals surface area contributed by atoms with E-state index in [1.165, 1.54) is 4.88 Å². The number of aliphatic imine (C=N–C) groups is 1. The summed E-state index contributed by atoms with van der Waals surface area (Å²) in [7, 11) is 3.97. The summed E-state index contributed by atoms with van der Waals surface area (Å²) in [6, 6.07) is 12.2. The molecule has 7 nitrogen and oxygen atoms in total. The van der Waals surface area contributed by atoms with Gasteiger partial charge in [-0.15, -0.1) is 21.5 Å². The maximum absolute atomic E-state index is 5.94. The third-order valence-electron chi connectivity index (χ3n) is 4.69. The van der Waals surface area contributed by atoms with Crippen molar-refractivity contribution in [3.05, 3.63) is 63.9 Å². The lowest BCUT2D eigenvalue weighted by molar-refractivity contribution is 0.279. The van der Waals surface area contributed by atoms with Crippen LogP contribution in [0.5, 0.6) is 5.75 Å². The van der Waals surface area contributed by atoms with Gasteiger partial charge in [-0.25, -0.2) is 4.99 Å². The van der Waals surface area contributed by atoms with Crippen molar-refractivity contribution in [3.8, 4) is 5.75 Å². The highest BCUT2D eigenvalue weighted by atomic mass is 32.1. The Balaban J connectivity index is 1.63. The van der Waals surface area contributed by atoms with Crippen LogP contribution in [0.1, 0.15) is 22.1 Å². The Hall–Kier alpha value is -2.87. The molecule has 0 fully saturated rings. The van der Waals surface area contributed by atoms with E-state index in [0.29, 0.717) is 19.7 Å². The second-order valence-electron chi connectivity index (χ2n) is 6.83. The van der Waals surface area contributed by atoms with Crippen molar-refractivity contribution in [2.45, 2.75) is 26.9 Å². The zero-order chi connectivity index (χ0) is 20.6. The summed E-state index contributed by atoms with van der Waals surface area (Å²) in [6.07, 6.45) is 0. The van der Waals surface area contributed by atoms with Crippen molar-refractivity contribution >= 4 is 17.3 Å². The first-order chi connectivity index (χ1) is 14.0. The maximum Gasteiger partial charge on any atom is 0.194 e. The van der Waals surface area contributed by atoms with Crippen molar-refractivity contribution in [2.75, 3.05) is 20.2 Å². The highest BCUT2D eigenvalue weighted by molar-refractivity contribution is 7.09. The first-order valence-corrected chi connectivity index (χ1v) is 10.5. The third kappa shape index (κ3) is 5.80. The van der Waals surface area contributed by atoms with Crippen molar-refractivity contribution in [2.24, 2.45) is 12.0 Å². The molecule has 2 heterocycles. The Bertz CT molecular complexity index is 935. The number of nitrogens with one attached hydrogen (secondary N) is 1. The minimum atomic E-state index is 0.465. The number of hydrogen-bond acceptors (Lipinski definition) is 5. The lowest BCUT2D eigenvalue weighted by Crippen LogP contribution is -2.40. The average molecular weight is 413 g/mol. The predicted molar refractivity (Wildman–Crippen MR) is 117 cm³/mol. The van der Waals surface area contributed by atoms with E-state index in [0.717, 1.165) is 35.5 Å². The smallest absolute Gasteiger partial charge is 0.194 e. The van der Waals surface area contributed by atoms with Gasteiger partial charge >= 0.3 is 0 Å². The van der Waals surface area contributed by atoms with Crippen molar-refractivity contribution < 1.29 is 4.74 Å². The number of hydrogen-bond donors (Lipinski definition) is 1. The number of nitrogens with zero attached hydrogens (tertiary/aromatic N) is 5. The Morgan fingerprint density at radius 3 is 2.72 bits per heavy atom. The van der Waals surface area contributed by atoms with Crippen LogP contribution in [-0.4, -0.2) is 45.8 Å². The number of aryl methyl sites for hydroxylation is 2. The Morgan fingerprint density at radius 2 is 2.03 bits per heavy atom. The average Bonchev–Trinajstić information content (AvgIpc) is 3.34. The molecule has 1 aromatic carbocycles. The fourth-order valence-electron chi connectivity index (χ4n) is 2.74. The van der Waals surface area contributed by atoms with Crippen LogP contribution < -0.4 is 10.1 Å². The van der Waals surface area contributed by atoms with Gasteiger partial charge in [0.2, 0.25) is 0 Å². The number of rotatable bonds is 8. The third-order valence-corrected chi connectivity index (χ3v) is 5.57. The number of benzene rings is 1. The molecule has 29 heavy (non-hydrogen) atoms. The van der Waals surface area contributed by atoms with Crippen LogP contribution in [0.2, 0.25) is 0 Å². The zero-order valence-electron chi connectivity index (χ0n) is 17.4. The normalized spacial score (nSPS) is 11.5. The van der Waals surface area contributed by atoms with E-state index in [2.05, 4.69) is 50.9 Å². The number of guanidine groups is 1. The minimum Gasteiger partial charge on any atom is -0.491 e. The van der Waals surface area contributed by atoms with Gasteiger partial charge in [-0.05, 0) is 36.9 Å². The summed E-state index contributed by atoms with van der Waals surface area (Å²) < 4.78 is 7.90. The van der Waals surface area contributed by atoms with Gasteiger partial charge in [0.25, 0.3) is 0 Å². The van der Waals surface area contributed by atoms with Crippen LogP contribution in [0.4, 0.5) is 0 Å². The quantitative estimate of drug-likeness (QED) is 0.455. The topological polar surface area (TPSA) is 67.6 Å². The number of ether oxygens (including phenoxy) is 1. The highest BCUT2D eigenvalue weighted by Crippen LogP contribution is 2.16. The molecular formula is C21H28N6OS. The van der Waals surface area contributed by atoms with Crippen LogP contribution in [-0.2, 0) is 20.1 Å². The van der Waals surface area contributed by atoms with Gasteiger partial charge in [-0.3, -0.25) is 0 Å². The SMILES string of the molecule is Cc1ccccc1OCCN(C)C(=NCc1nnc(C)n1C)NCc1cccs1. The first kappa shape index (κ1) is 20.9. The molecule has 0 unspecified atom stereocenters. The molecular weight excluding hydrogens is 384 g/mol. The lowest BCUT2D eigenvalue weighted by atomic mass is 10.2. The monoisotopic (exact) mass is 412 g/mol. The molecule has 0 aliphatic heterocycles. The van der Waals surface area contributed by atoms with Gasteiger partial charge < -0.3 is 19.5 Å². The molecule has 0 saturated carbocycles. The van der Waals surface area contributed by atoms with Gasteiger partial charge in [0.05, 0.1) is 13.1 Å². The van der Waals surface area contributed by atoms with E-state index >= 15 is 0 Å². The molecule has 0 radical (unpaired) electrons. The van der Waals surface area contributed by atoms with Gasteiger partial charge in [-0.2, -0.15) is 0 Å². The summed E-state index contributed by atoms with van der Waals surface area (Å²) in [5, 5.41) is 13.8. The Labute approximate surface area is 176 Å². The van der Waals surface area contributed by atoms with Crippen LogP contribution in [0.3, 0.4) is 0 Å².